The fourth-order valence-electron chi connectivity index (χ4n) is 3.45. The Morgan fingerprint density at radius 1 is 1.31 bits per heavy atom. The number of carbonyl (C=O) groups excluding carboxylic acids is 3. The van der Waals surface area contributed by atoms with Crippen LogP contribution in [0.5, 0.6) is 0 Å². The summed E-state index contributed by atoms with van der Waals surface area (Å²) in [7, 11) is 0. The van der Waals surface area contributed by atoms with Crippen molar-refractivity contribution < 1.29 is 28.8 Å². The maximum Gasteiger partial charge on any atom is 0.355 e. The number of non-ortho nitro benzene ring substituents is 1. The first-order valence-corrected chi connectivity index (χ1v) is 11.3. The summed E-state index contributed by atoms with van der Waals surface area (Å²) in [6.07, 6.45) is -0.831. The minimum Gasteiger partial charge on any atom is -0.456 e. The number of thiazole rings is 1. The molecule has 2 aliphatic heterocycles. The van der Waals surface area contributed by atoms with E-state index < -0.39 is 34.3 Å². The number of rotatable bonds is 7. The van der Waals surface area contributed by atoms with Crippen molar-refractivity contribution in [3.63, 3.8) is 0 Å². The fraction of sp³-hybridized carbons (Fsp3) is 0.300. The van der Waals surface area contributed by atoms with Crippen LogP contribution in [0.25, 0.3) is 0 Å². The van der Waals surface area contributed by atoms with Gasteiger partial charge in [0.1, 0.15) is 23.6 Å². The average molecular weight is 476 g/mol. The summed E-state index contributed by atoms with van der Waals surface area (Å²) in [5.41, 5.74) is 1.13. The predicted octanol–water partition coefficient (Wildman–Crippen LogP) is 3.08. The predicted molar refractivity (Wildman–Crippen MR) is 114 cm³/mol. The van der Waals surface area contributed by atoms with E-state index in [4.69, 9.17) is 9.47 Å². The highest BCUT2D eigenvalue weighted by Gasteiger charge is 2.58. The monoisotopic (exact) mass is 475 g/mol. The lowest BCUT2D eigenvalue weighted by atomic mass is 9.89. The molecule has 10 nitrogen and oxygen atoms in total. The molecule has 0 aliphatic carbocycles. The quantitative estimate of drug-likeness (QED) is 0.257. The number of esters is 2. The Hall–Kier alpha value is -3.25. The van der Waals surface area contributed by atoms with Crippen molar-refractivity contribution in [3.8, 4) is 0 Å². The van der Waals surface area contributed by atoms with E-state index >= 15 is 0 Å². The molecule has 0 bridgehead atoms. The van der Waals surface area contributed by atoms with Crippen LogP contribution in [0.3, 0.4) is 0 Å². The summed E-state index contributed by atoms with van der Waals surface area (Å²) in [6, 6.07) is 5.64. The molecule has 0 N–H and O–H groups in total. The van der Waals surface area contributed by atoms with Crippen LogP contribution < -0.4 is 0 Å². The zero-order valence-electron chi connectivity index (χ0n) is 16.9. The van der Waals surface area contributed by atoms with Gasteiger partial charge in [0.2, 0.25) is 5.91 Å². The summed E-state index contributed by atoms with van der Waals surface area (Å²) in [4.78, 5) is 53.0. The van der Waals surface area contributed by atoms with Crippen molar-refractivity contribution in [3.05, 3.63) is 67.1 Å². The van der Waals surface area contributed by atoms with E-state index in [-0.39, 0.29) is 23.9 Å². The van der Waals surface area contributed by atoms with Gasteiger partial charge in [-0.15, -0.1) is 23.1 Å². The van der Waals surface area contributed by atoms with Crippen molar-refractivity contribution in [1.82, 2.24) is 9.88 Å². The van der Waals surface area contributed by atoms with Crippen LogP contribution >= 0.6 is 23.1 Å². The molecule has 4 rings (SSSR count). The maximum absolute atomic E-state index is 12.9. The van der Waals surface area contributed by atoms with Gasteiger partial charge in [-0.1, -0.05) is 0 Å². The van der Waals surface area contributed by atoms with Gasteiger partial charge in [0.15, 0.2) is 6.10 Å². The number of nitro benzene ring substituents is 1. The number of fused-ring (bicyclic) bond motifs is 1. The third kappa shape index (κ3) is 4.10. The number of aryl methyl sites for hydroxylation is 1. The molecule has 2 aromatic rings. The number of hydrogen-bond acceptors (Lipinski definition) is 10. The summed E-state index contributed by atoms with van der Waals surface area (Å²) in [5.74, 6) is -2.22. The number of ether oxygens (including phenoxy) is 2. The molecule has 0 spiro atoms. The molecule has 1 aromatic carbocycles. The second-order valence-electron chi connectivity index (χ2n) is 7.08. The van der Waals surface area contributed by atoms with Gasteiger partial charge in [-0.05, 0) is 24.6 Å². The molecule has 12 heteroatoms. The number of nitro groups is 1. The first kappa shape index (κ1) is 22.0. The first-order valence-electron chi connectivity index (χ1n) is 9.44. The van der Waals surface area contributed by atoms with Crippen LogP contribution in [-0.2, 0) is 30.5 Å². The molecule has 3 atom stereocenters. The summed E-state index contributed by atoms with van der Waals surface area (Å²) in [6.45, 7) is 3.00. The van der Waals surface area contributed by atoms with Crippen LogP contribution in [0.4, 0.5) is 5.69 Å². The molecule has 1 fully saturated rings. The highest BCUT2D eigenvalue weighted by atomic mass is 32.2. The molecule has 3 heterocycles. The number of hydrogen-bond donors (Lipinski definition) is 0. The van der Waals surface area contributed by atoms with Crippen LogP contribution in [0.15, 0.2) is 40.8 Å². The summed E-state index contributed by atoms with van der Waals surface area (Å²) < 4.78 is 10.7. The third-order valence-corrected chi connectivity index (χ3v) is 6.87. The Morgan fingerprint density at radius 3 is 2.62 bits per heavy atom. The number of β-lactam (4-membered cyclic amide) rings is 1. The van der Waals surface area contributed by atoms with Crippen molar-refractivity contribution in [2.24, 2.45) is 5.92 Å². The second kappa shape index (κ2) is 8.71. The molecular weight excluding hydrogens is 458 g/mol. The van der Waals surface area contributed by atoms with Gasteiger partial charge in [0.25, 0.3) is 5.69 Å². The van der Waals surface area contributed by atoms with Crippen molar-refractivity contribution >= 4 is 46.6 Å². The SMILES string of the molecule is CC(=O)OC(c1csc(C)n1)C1C(=O)N2C(C(=O)OCc3ccc([N+](=O)[O-])cc3)=CS[C@H]12. The Bertz CT molecular complexity index is 1130. The molecule has 32 heavy (non-hydrogen) atoms. The minimum atomic E-state index is -0.831. The molecule has 2 aliphatic rings. The number of aromatic nitrogens is 1. The van der Waals surface area contributed by atoms with Crippen LogP contribution in [-0.4, -0.2) is 38.0 Å². The van der Waals surface area contributed by atoms with Crippen LogP contribution in [0.2, 0.25) is 0 Å². The smallest absolute Gasteiger partial charge is 0.355 e. The standard InChI is InChI=1S/C20H17N3O7S2/c1-10-21-14(8-31-10)17(30-11(2)24)16-18(25)22-15(9-32-19(16)22)20(26)29-7-12-3-5-13(6-4-12)23(27)28/h3-6,8-9,16-17,19H,7H2,1-2H3/t16?,17?,19-/m1/s1. The third-order valence-electron chi connectivity index (χ3n) is 4.94. The molecule has 2 unspecified atom stereocenters. The second-order valence-corrected chi connectivity index (χ2v) is 9.14. The highest BCUT2D eigenvalue weighted by molar-refractivity contribution is 8.03. The zero-order chi connectivity index (χ0) is 23.0. The van der Waals surface area contributed by atoms with Gasteiger partial charge in [-0.3, -0.25) is 24.6 Å². The van der Waals surface area contributed by atoms with Crippen LogP contribution in [0, 0.1) is 23.0 Å². The largest absolute Gasteiger partial charge is 0.456 e. The van der Waals surface area contributed by atoms with Crippen molar-refractivity contribution in [1.29, 1.82) is 0 Å². The molecule has 0 radical (unpaired) electrons. The van der Waals surface area contributed by atoms with Gasteiger partial charge in [-0.25, -0.2) is 9.78 Å². The van der Waals surface area contributed by atoms with Gasteiger partial charge in [-0.2, -0.15) is 0 Å². The summed E-state index contributed by atoms with van der Waals surface area (Å²) >= 11 is 2.67. The molecule has 0 saturated carbocycles. The Kier molecular flexibility index (Phi) is 5.98. The normalized spacial score (nSPS) is 20.1. The Labute approximate surface area is 190 Å². The Balaban J connectivity index is 1.41. The number of amides is 1. The maximum atomic E-state index is 12.9. The van der Waals surface area contributed by atoms with Gasteiger partial charge < -0.3 is 9.47 Å². The lowest BCUT2D eigenvalue weighted by Gasteiger charge is -2.45. The number of carbonyl (C=O) groups is 3. The summed E-state index contributed by atoms with van der Waals surface area (Å²) in [5, 5.41) is 14.4. The van der Waals surface area contributed by atoms with Crippen molar-refractivity contribution in [2.45, 2.75) is 31.9 Å². The molecule has 1 aromatic heterocycles. The fourth-order valence-corrected chi connectivity index (χ4v) is 5.33. The molecule has 166 valence electrons. The molecule has 1 saturated heterocycles. The van der Waals surface area contributed by atoms with E-state index in [0.29, 0.717) is 11.3 Å². The van der Waals surface area contributed by atoms with Gasteiger partial charge >= 0.3 is 11.9 Å². The topological polar surface area (TPSA) is 129 Å². The molecular formula is C20H17N3O7S2. The minimum absolute atomic E-state index is 0.0623. The number of nitrogens with zero attached hydrogens (tertiary/aromatic N) is 3. The first-order chi connectivity index (χ1) is 15.3. The van der Waals surface area contributed by atoms with E-state index in [1.54, 1.807) is 10.8 Å². The lowest BCUT2D eigenvalue weighted by Crippen LogP contribution is -2.59. The van der Waals surface area contributed by atoms with E-state index in [9.17, 15) is 24.5 Å². The van der Waals surface area contributed by atoms with E-state index in [1.807, 2.05) is 6.92 Å². The highest BCUT2D eigenvalue weighted by Crippen LogP contribution is 2.50. The van der Waals surface area contributed by atoms with E-state index in [1.165, 1.54) is 59.2 Å². The van der Waals surface area contributed by atoms with Gasteiger partial charge in [0, 0.05) is 29.8 Å². The van der Waals surface area contributed by atoms with E-state index in [0.717, 1.165) is 5.01 Å². The Morgan fingerprint density at radius 2 is 2.03 bits per heavy atom. The van der Waals surface area contributed by atoms with E-state index in [2.05, 4.69) is 4.98 Å². The molecule has 1 amide bonds. The number of thioether (sulfide) groups is 1. The van der Waals surface area contributed by atoms with Crippen molar-refractivity contribution in [2.75, 3.05) is 0 Å². The zero-order valence-corrected chi connectivity index (χ0v) is 18.6. The van der Waals surface area contributed by atoms with Crippen LogP contribution in [0.1, 0.15) is 29.3 Å². The lowest BCUT2D eigenvalue weighted by molar-refractivity contribution is -0.384. The number of benzene rings is 1. The average Bonchev–Trinajstić information content (AvgIpc) is 3.35. The van der Waals surface area contributed by atoms with Gasteiger partial charge in [0.05, 0.1) is 15.6 Å².